The fourth-order valence-corrected chi connectivity index (χ4v) is 3.42. The lowest BCUT2D eigenvalue weighted by molar-refractivity contribution is -0.126. The predicted molar refractivity (Wildman–Crippen MR) is 83.5 cm³/mol. The molecule has 1 aromatic heterocycles. The summed E-state index contributed by atoms with van der Waals surface area (Å²) in [5.41, 5.74) is 0. The minimum absolute atomic E-state index is 0.0783. The molecule has 0 bridgehead atoms. The van der Waals surface area contributed by atoms with Gasteiger partial charge in [0.2, 0.25) is 5.91 Å². The fourth-order valence-electron chi connectivity index (χ4n) is 2.42. The van der Waals surface area contributed by atoms with Gasteiger partial charge in [-0.05, 0) is 30.4 Å². The van der Waals surface area contributed by atoms with Crippen LogP contribution in [0.15, 0.2) is 30.3 Å². The highest BCUT2D eigenvalue weighted by atomic mass is 32.1. The molecule has 1 amide bonds. The molecule has 0 saturated carbocycles. The van der Waals surface area contributed by atoms with Crippen molar-refractivity contribution in [2.45, 2.75) is 25.5 Å². The summed E-state index contributed by atoms with van der Waals surface area (Å²) in [7, 11) is 0. The van der Waals surface area contributed by atoms with Crippen LogP contribution in [0.1, 0.15) is 17.7 Å². The number of hydrogen-bond donors (Lipinski definition) is 1. The van der Waals surface area contributed by atoms with Crippen molar-refractivity contribution in [3.8, 4) is 0 Å². The van der Waals surface area contributed by atoms with E-state index in [0.717, 1.165) is 24.3 Å². The van der Waals surface area contributed by atoms with E-state index in [0.29, 0.717) is 13.2 Å². The molecule has 4 nitrogen and oxygen atoms in total. The summed E-state index contributed by atoms with van der Waals surface area (Å²) in [5, 5.41) is 4.11. The Labute approximate surface area is 128 Å². The molecule has 0 unspecified atom stereocenters. The number of thiophene rings is 1. The van der Waals surface area contributed by atoms with Crippen LogP contribution in [0.5, 0.6) is 0 Å². The third kappa shape index (κ3) is 4.03. The molecule has 1 atom stereocenters. The number of fused-ring (bicyclic) bond motifs is 1. The molecule has 1 aliphatic rings. The third-order valence-electron chi connectivity index (χ3n) is 3.50. The van der Waals surface area contributed by atoms with E-state index in [1.54, 1.807) is 11.3 Å². The van der Waals surface area contributed by atoms with E-state index in [4.69, 9.17) is 9.47 Å². The standard InChI is InChI=1S/C16H19NO3S/c18-16(11-19-10-13-5-3-7-20-13)17-9-14-8-12-4-1-2-6-15(12)21-14/h1-2,4,6,8,13H,3,5,7,9-11H2,(H,17,18)/t13-/m0/s1. The smallest absolute Gasteiger partial charge is 0.246 e. The normalized spacial score (nSPS) is 18.2. The van der Waals surface area contributed by atoms with Crippen LogP contribution in [0.25, 0.3) is 10.1 Å². The van der Waals surface area contributed by atoms with Crippen molar-refractivity contribution < 1.29 is 14.3 Å². The van der Waals surface area contributed by atoms with Crippen LogP contribution >= 0.6 is 11.3 Å². The minimum Gasteiger partial charge on any atom is -0.376 e. The highest BCUT2D eigenvalue weighted by molar-refractivity contribution is 7.19. The van der Waals surface area contributed by atoms with Crippen LogP contribution in [0.2, 0.25) is 0 Å². The number of hydrogen-bond acceptors (Lipinski definition) is 4. The maximum Gasteiger partial charge on any atom is 0.246 e. The topological polar surface area (TPSA) is 47.6 Å². The molecule has 112 valence electrons. The summed E-state index contributed by atoms with van der Waals surface area (Å²) in [5.74, 6) is -0.0783. The first-order valence-corrected chi connectivity index (χ1v) is 8.06. The van der Waals surface area contributed by atoms with E-state index in [1.807, 2.05) is 12.1 Å². The van der Waals surface area contributed by atoms with Crippen molar-refractivity contribution in [3.63, 3.8) is 0 Å². The van der Waals surface area contributed by atoms with Gasteiger partial charge >= 0.3 is 0 Å². The first-order chi connectivity index (χ1) is 10.3. The molecule has 21 heavy (non-hydrogen) atoms. The zero-order valence-electron chi connectivity index (χ0n) is 11.8. The van der Waals surface area contributed by atoms with Crippen molar-refractivity contribution in [1.29, 1.82) is 0 Å². The number of carbonyl (C=O) groups excluding carboxylic acids is 1. The lowest BCUT2D eigenvalue weighted by Gasteiger charge is -2.09. The van der Waals surface area contributed by atoms with Gasteiger partial charge in [0.1, 0.15) is 6.61 Å². The molecule has 1 aliphatic heterocycles. The van der Waals surface area contributed by atoms with Crippen molar-refractivity contribution in [3.05, 3.63) is 35.2 Å². The number of benzene rings is 1. The Morgan fingerprint density at radius 1 is 1.43 bits per heavy atom. The number of rotatable bonds is 6. The number of carbonyl (C=O) groups is 1. The van der Waals surface area contributed by atoms with E-state index in [9.17, 15) is 4.79 Å². The molecule has 2 aromatic rings. The van der Waals surface area contributed by atoms with Gasteiger partial charge < -0.3 is 14.8 Å². The van der Waals surface area contributed by atoms with Crippen LogP contribution < -0.4 is 5.32 Å². The monoisotopic (exact) mass is 305 g/mol. The van der Waals surface area contributed by atoms with E-state index >= 15 is 0 Å². The Bertz CT molecular complexity index is 571. The highest BCUT2D eigenvalue weighted by Gasteiger charge is 2.15. The fraction of sp³-hybridized carbons (Fsp3) is 0.438. The SMILES string of the molecule is O=C(COC[C@@H]1CCCO1)NCc1cc2ccccc2s1. The summed E-state index contributed by atoms with van der Waals surface area (Å²) < 4.78 is 12.1. The summed E-state index contributed by atoms with van der Waals surface area (Å²) in [4.78, 5) is 12.9. The third-order valence-corrected chi connectivity index (χ3v) is 4.61. The van der Waals surface area contributed by atoms with Gasteiger partial charge in [0.05, 0.1) is 19.3 Å². The van der Waals surface area contributed by atoms with Crippen LogP contribution in [0.4, 0.5) is 0 Å². The van der Waals surface area contributed by atoms with Gasteiger partial charge in [-0.15, -0.1) is 11.3 Å². The highest BCUT2D eigenvalue weighted by Crippen LogP contribution is 2.24. The van der Waals surface area contributed by atoms with Crippen molar-refractivity contribution in [1.82, 2.24) is 5.32 Å². The second-order valence-electron chi connectivity index (χ2n) is 5.18. The van der Waals surface area contributed by atoms with Gasteiger partial charge in [0.15, 0.2) is 0 Å². The minimum atomic E-state index is -0.0783. The summed E-state index contributed by atoms with van der Waals surface area (Å²) in [6, 6.07) is 10.3. The largest absolute Gasteiger partial charge is 0.376 e. The van der Waals surface area contributed by atoms with Crippen molar-refractivity contribution in [2.75, 3.05) is 19.8 Å². The Balaban J connectivity index is 1.40. The van der Waals surface area contributed by atoms with Gasteiger partial charge in [-0.25, -0.2) is 0 Å². The zero-order valence-corrected chi connectivity index (χ0v) is 12.7. The number of amides is 1. The van der Waals surface area contributed by atoms with E-state index < -0.39 is 0 Å². The molecule has 0 radical (unpaired) electrons. The molecular formula is C16H19NO3S. The Hall–Kier alpha value is -1.43. The molecule has 0 aliphatic carbocycles. The molecule has 3 rings (SSSR count). The second kappa shape index (κ2) is 7.02. The number of nitrogens with one attached hydrogen (secondary N) is 1. The molecule has 1 aromatic carbocycles. The molecule has 1 saturated heterocycles. The Kier molecular flexibility index (Phi) is 4.85. The van der Waals surface area contributed by atoms with Gasteiger partial charge in [-0.2, -0.15) is 0 Å². The van der Waals surface area contributed by atoms with Gasteiger partial charge in [-0.3, -0.25) is 4.79 Å². The van der Waals surface area contributed by atoms with Gasteiger partial charge in [0.25, 0.3) is 0 Å². The average molecular weight is 305 g/mol. The van der Waals surface area contributed by atoms with Gasteiger partial charge in [-0.1, -0.05) is 18.2 Å². The lowest BCUT2D eigenvalue weighted by atomic mass is 10.2. The summed E-state index contributed by atoms with van der Waals surface area (Å²) >= 11 is 1.71. The predicted octanol–water partition coefficient (Wildman–Crippen LogP) is 2.71. The molecule has 2 heterocycles. The van der Waals surface area contributed by atoms with E-state index in [1.165, 1.54) is 10.1 Å². The Morgan fingerprint density at radius 2 is 2.33 bits per heavy atom. The maximum atomic E-state index is 11.7. The van der Waals surface area contributed by atoms with Crippen LogP contribution in [-0.4, -0.2) is 31.8 Å². The van der Waals surface area contributed by atoms with Crippen LogP contribution in [-0.2, 0) is 20.8 Å². The van der Waals surface area contributed by atoms with E-state index in [-0.39, 0.29) is 18.6 Å². The molecule has 1 fully saturated rings. The zero-order chi connectivity index (χ0) is 14.5. The molecule has 5 heteroatoms. The Morgan fingerprint density at radius 3 is 3.14 bits per heavy atom. The second-order valence-corrected chi connectivity index (χ2v) is 6.35. The first kappa shape index (κ1) is 14.5. The maximum absolute atomic E-state index is 11.7. The summed E-state index contributed by atoms with van der Waals surface area (Å²) in [6.07, 6.45) is 2.29. The van der Waals surface area contributed by atoms with Crippen molar-refractivity contribution in [2.24, 2.45) is 0 Å². The molecular weight excluding hydrogens is 286 g/mol. The quantitative estimate of drug-likeness (QED) is 0.892. The van der Waals surface area contributed by atoms with Crippen LogP contribution in [0.3, 0.4) is 0 Å². The van der Waals surface area contributed by atoms with Gasteiger partial charge in [0, 0.05) is 16.2 Å². The summed E-state index contributed by atoms with van der Waals surface area (Å²) in [6.45, 7) is 1.98. The average Bonchev–Trinajstić information content (AvgIpc) is 3.13. The molecule has 1 N–H and O–H groups in total. The van der Waals surface area contributed by atoms with Crippen molar-refractivity contribution >= 4 is 27.3 Å². The first-order valence-electron chi connectivity index (χ1n) is 7.25. The van der Waals surface area contributed by atoms with E-state index in [2.05, 4.69) is 23.5 Å². The van der Waals surface area contributed by atoms with Crippen LogP contribution in [0, 0.1) is 0 Å². The molecule has 0 spiro atoms. The lowest BCUT2D eigenvalue weighted by Crippen LogP contribution is -2.28. The number of ether oxygens (including phenoxy) is 2.